The number of thioether (sulfide) groups is 1. The molecule has 4 amide bonds. The summed E-state index contributed by atoms with van der Waals surface area (Å²) in [6, 6.07) is 10.6. The lowest BCUT2D eigenvalue weighted by Crippen LogP contribution is -2.36. The second-order valence-corrected chi connectivity index (χ2v) is 16.5. The maximum Gasteiger partial charge on any atom is 0.315 e. The summed E-state index contributed by atoms with van der Waals surface area (Å²) >= 11 is 1.90. The number of nitrogens with one attached hydrogen (secondary N) is 6. The second-order valence-electron chi connectivity index (χ2n) is 12.6. The Morgan fingerprint density at radius 2 is 1.86 bits per heavy atom. The monoisotopic (exact) mass is 757 g/mol. The SMILES string of the molecule is COc1cc2c(cc1OCCCNC(=O)CCSSCCNC(=O)CCCCC1SCC3NC(=O)NC31)Cc1c(Nc3cccc(F)c3)n[nH]c1-2. The van der Waals surface area contributed by atoms with Crippen molar-refractivity contribution in [2.45, 2.75) is 62.3 Å². The van der Waals surface area contributed by atoms with Gasteiger partial charge in [-0.15, -0.1) is 0 Å². The summed E-state index contributed by atoms with van der Waals surface area (Å²) in [5.74, 6) is 4.10. The van der Waals surface area contributed by atoms with Crippen LogP contribution in [0.15, 0.2) is 36.4 Å². The number of methoxy groups -OCH3 is 1. The number of benzene rings is 2. The molecular formula is C35H44FN7O5S3. The van der Waals surface area contributed by atoms with E-state index in [1.54, 1.807) is 40.8 Å². The highest BCUT2D eigenvalue weighted by Crippen LogP contribution is 2.44. The number of rotatable bonds is 20. The summed E-state index contributed by atoms with van der Waals surface area (Å²) in [6.07, 6.45) is 5.07. The number of carbonyl (C=O) groups is 3. The minimum atomic E-state index is -0.318. The normalized spacial score (nSPS) is 18.3. The molecule has 2 saturated heterocycles. The average molecular weight is 758 g/mol. The molecule has 0 bridgehead atoms. The van der Waals surface area contributed by atoms with Gasteiger partial charge in [-0.1, -0.05) is 34.1 Å². The molecule has 12 nitrogen and oxygen atoms in total. The Hall–Kier alpha value is -3.76. The number of amides is 4. The molecule has 3 atom stereocenters. The van der Waals surface area contributed by atoms with Crippen molar-refractivity contribution in [1.82, 2.24) is 31.5 Å². The molecule has 2 aliphatic heterocycles. The summed E-state index contributed by atoms with van der Waals surface area (Å²) in [6.45, 7) is 1.54. The fourth-order valence-electron chi connectivity index (χ4n) is 6.43. The molecular weight excluding hydrogens is 714 g/mol. The van der Waals surface area contributed by atoms with Gasteiger partial charge in [0.05, 0.1) is 31.5 Å². The molecule has 1 aliphatic carbocycles. The number of carbonyl (C=O) groups excluding carboxylic acids is 3. The van der Waals surface area contributed by atoms with E-state index in [9.17, 15) is 18.8 Å². The number of halogens is 1. The number of aromatic nitrogens is 2. The third-order valence-electron chi connectivity index (χ3n) is 8.97. The van der Waals surface area contributed by atoms with Crippen LogP contribution in [-0.2, 0) is 16.0 Å². The summed E-state index contributed by atoms with van der Waals surface area (Å²) in [5, 5.41) is 23.0. The molecule has 274 valence electrons. The maximum atomic E-state index is 13.7. The van der Waals surface area contributed by atoms with Crippen molar-refractivity contribution < 1.29 is 28.2 Å². The summed E-state index contributed by atoms with van der Waals surface area (Å²) in [4.78, 5) is 36.0. The Balaban J connectivity index is 0.789. The molecule has 0 radical (unpaired) electrons. The lowest BCUT2D eigenvalue weighted by atomic mass is 10.0. The van der Waals surface area contributed by atoms with Crippen LogP contribution in [-0.4, -0.2) is 89.4 Å². The fraction of sp³-hybridized carbons (Fsp3) is 0.486. The van der Waals surface area contributed by atoms with Gasteiger partial charge in [0, 0.05) is 71.7 Å². The zero-order valence-corrected chi connectivity index (χ0v) is 30.9. The van der Waals surface area contributed by atoms with Crippen LogP contribution in [0.3, 0.4) is 0 Å². The molecule has 6 rings (SSSR count). The molecule has 3 aliphatic rings. The number of H-pyrrole nitrogens is 1. The van der Waals surface area contributed by atoms with E-state index in [4.69, 9.17) is 9.47 Å². The van der Waals surface area contributed by atoms with E-state index in [0.29, 0.717) is 79.4 Å². The van der Waals surface area contributed by atoms with Crippen LogP contribution in [0.5, 0.6) is 11.5 Å². The number of ether oxygens (including phenoxy) is 2. The van der Waals surface area contributed by atoms with E-state index in [0.717, 1.165) is 53.2 Å². The van der Waals surface area contributed by atoms with Gasteiger partial charge >= 0.3 is 6.03 Å². The number of hydrogen-bond acceptors (Lipinski definition) is 10. The Morgan fingerprint density at radius 3 is 2.73 bits per heavy atom. The van der Waals surface area contributed by atoms with Crippen molar-refractivity contribution in [2.24, 2.45) is 0 Å². The largest absolute Gasteiger partial charge is 0.493 e. The van der Waals surface area contributed by atoms with Gasteiger partial charge in [-0.05, 0) is 55.2 Å². The molecule has 1 aromatic heterocycles. The number of urea groups is 1. The first-order chi connectivity index (χ1) is 24.9. The van der Waals surface area contributed by atoms with Gasteiger partial charge in [0.1, 0.15) is 5.82 Å². The second kappa shape index (κ2) is 18.1. The van der Waals surface area contributed by atoms with Gasteiger partial charge in [0.15, 0.2) is 17.3 Å². The Kier molecular flexibility index (Phi) is 13.2. The van der Waals surface area contributed by atoms with Gasteiger partial charge < -0.3 is 36.1 Å². The van der Waals surface area contributed by atoms with E-state index < -0.39 is 0 Å². The molecule has 3 heterocycles. The minimum absolute atomic E-state index is 0.00187. The Morgan fingerprint density at radius 1 is 1.02 bits per heavy atom. The first kappa shape index (κ1) is 37.0. The van der Waals surface area contributed by atoms with Crippen LogP contribution in [0.25, 0.3) is 11.3 Å². The van der Waals surface area contributed by atoms with Crippen molar-refractivity contribution in [2.75, 3.05) is 49.4 Å². The Bertz CT molecular complexity index is 1700. The molecule has 0 spiro atoms. The average Bonchev–Trinajstić information content (AvgIpc) is 3.87. The smallest absolute Gasteiger partial charge is 0.315 e. The zero-order valence-electron chi connectivity index (χ0n) is 28.5. The fourth-order valence-corrected chi connectivity index (χ4v) is 9.87. The maximum absolute atomic E-state index is 13.7. The summed E-state index contributed by atoms with van der Waals surface area (Å²) in [5.41, 5.74) is 4.58. The van der Waals surface area contributed by atoms with E-state index in [1.807, 2.05) is 23.9 Å². The van der Waals surface area contributed by atoms with Crippen LogP contribution in [0, 0.1) is 5.82 Å². The Labute approximate surface area is 309 Å². The standard InChI is InChI=1S/C35H44FN7O5S3/c1-47-27-19-24-21(16-25-32(24)42-43-34(25)39-23-7-4-6-22(36)18-23)17-28(27)48-13-5-11-37-31(45)10-14-50-51-15-12-38-30(44)9-3-2-8-29-33-26(20-49-29)40-35(46)41-33/h4,6-7,17-19,26,29,33H,2-3,5,8-16,20H2,1H3,(H,37,45)(H,38,44)(H2,39,42,43)(H2,40,41,46). The predicted molar refractivity (Wildman–Crippen MR) is 203 cm³/mol. The molecule has 6 N–H and O–H groups in total. The van der Waals surface area contributed by atoms with Gasteiger partial charge in [0.25, 0.3) is 0 Å². The van der Waals surface area contributed by atoms with E-state index >= 15 is 0 Å². The molecule has 2 aromatic carbocycles. The highest BCUT2D eigenvalue weighted by Gasteiger charge is 2.42. The number of unbranched alkanes of at least 4 members (excludes halogenated alkanes) is 1. The van der Waals surface area contributed by atoms with E-state index in [2.05, 4.69) is 36.8 Å². The van der Waals surface area contributed by atoms with Gasteiger partial charge in [0.2, 0.25) is 11.8 Å². The number of anilines is 2. The van der Waals surface area contributed by atoms with Gasteiger partial charge in [-0.25, -0.2) is 9.18 Å². The third-order valence-corrected chi connectivity index (χ3v) is 12.9. The first-order valence-electron chi connectivity index (χ1n) is 17.3. The van der Waals surface area contributed by atoms with Gasteiger partial charge in [-0.2, -0.15) is 16.9 Å². The van der Waals surface area contributed by atoms with Crippen LogP contribution in [0.1, 0.15) is 49.7 Å². The first-order valence-corrected chi connectivity index (χ1v) is 20.8. The highest BCUT2D eigenvalue weighted by atomic mass is 33.1. The molecule has 2 fully saturated rings. The van der Waals surface area contributed by atoms with E-state index in [1.165, 1.54) is 12.1 Å². The van der Waals surface area contributed by atoms with E-state index in [-0.39, 0.29) is 35.7 Å². The molecule has 3 aromatic rings. The zero-order chi connectivity index (χ0) is 35.6. The number of hydrogen-bond donors (Lipinski definition) is 6. The lowest BCUT2D eigenvalue weighted by Gasteiger charge is -2.16. The topological polar surface area (TPSA) is 158 Å². The number of nitrogens with zero attached hydrogens (tertiary/aromatic N) is 1. The van der Waals surface area contributed by atoms with Crippen molar-refractivity contribution in [1.29, 1.82) is 0 Å². The van der Waals surface area contributed by atoms with Crippen molar-refractivity contribution in [3.63, 3.8) is 0 Å². The van der Waals surface area contributed by atoms with Crippen molar-refractivity contribution in [3.8, 4) is 22.8 Å². The van der Waals surface area contributed by atoms with Crippen molar-refractivity contribution in [3.05, 3.63) is 53.3 Å². The van der Waals surface area contributed by atoms with Gasteiger partial charge in [-0.3, -0.25) is 14.7 Å². The summed E-state index contributed by atoms with van der Waals surface area (Å²) in [7, 11) is 4.89. The predicted octanol–water partition coefficient (Wildman–Crippen LogP) is 5.37. The number of fused-ring (bicyclic) bond motifs is 4. The summed E-state index contributed by atoms with van der Waals surface area (Å²) < 4.78 is 25.3. The third kappa shape index (κ3) is 9.98. The van der Waals surface area contributed by atoms with Crippen LogP contribution in [0.4, 0.5) is 20.7 Å². The lowest BCUT2D eigenvalue weighted by molar-refractivity contribution is -0.121. The highest BCUT2D eigenvalue weighted by molar-refractivity contribution is 8.76. The molecule has 16 heteroatoms. The number of aromatic amines is 1. The molecule has 0 saturated carbocycles. The van der Waals surface area contributed by atoms with Crippen LogP contribution >= 0.6 is 33.3 Å². The molecule has 3 unspecified atom stereocenters. The minimum Gasteiger partial charge on any atom is -0.493 e. The van der Waals surface area contributed by atoms with Crippen LogP contribution < -0.4 is 36.1 Å². The van der Waals surface area contributed by atoms with Crippen molar-refractivity contribution >= 4 is 62.7 Å². The quantitative estimate of drug-likeness (QED) is 0.0394. The van der Waals surface area contributed by atoms with Crippen LogP contribution in [0.2, 0.25) is 0 Å². The molecule has 51 heavy (non-hydrogen) atoms.